The van der Waals surface area contributed by atoms with E-state index in [2.05, 4.69) is 50.1 Å². The quantitative estimate of drug-likeness (QED) is 0.879. The Morgan fingerprint density at radius 3 is 2.35 bits per heavy atom. The van der Waals surface area contributed by atoms with Crippen LogP contribution < -0.4 is 5.73 Å². The van der Waals surface area contributed by atoms with Gasteiger partial charge in [-0.3, -0.25) is 4.90 Å². The van der Waals surface area contributed by atoms with Crippen molar-refractivity contribution in [3.8, 4) is 0 Å². The van der Waals surface area contributed by atoms with E-state index in [1.807, 2.05) is 11.3 Å². The van der Waals surface area contributed by atoms with Gasteiger partial charge >= 0.3 is 0 Å². The summed E-state index contributed by atoms with van der Waals surface area (Å²) < 4.78 is 0. The molecule has 0 bridgehead atoms. The van der Waals surface area contributed by atoms with Gasteiger partial charge in [-0.2, -0.15) is 0 Å². The summed E-state index contributed by atoms with van der Waals surface area (Å²) in [5.74, 6) is 0. The molecule has 0 aromatic carbocycles. The minimum absolute atomic E-state index is 0.202. The summed E-state index contributed by atoms with van der Waals surface area (Å²) >= 11 is 1.86. The lowest BCUT2D eigenvalue weighted by Gasteiger charge is -2.51. The SMILES string of the molecule is CC(C)N(Cc1cccs1)C1(CN)CCC(C)(C)CC1. The minimum Gasteiger partial charge on any atom is -0.329 e. The molecular weight excluding hydrogens is 264 g/mol. The van der Waals surface area contributed by atoms with E-state index in [0.717, 1.165) is 13.1 Å². The van der Waals surface area contributed by atoms with Gasteiger partial charge in [-0.15, -0.1) is 11.3 Å². The van der Waals surface area contributed by atoms with Gasteiger partial charge < -0.3 is 5.73 Å². The van der Waals surface area contributed by atoms with Gasteiger partial charge in [0.25, 0.3) is 0 Å². The number of hydrogen-bond donors (Lipinski definition) is 1. The lowest BCUT2D eigenvalue weighted by molar-refractivity contribution is -0.00364. The molecule has 1 saturated carbocycles. The van der Waals surface area contributed by atoms with Crippen LogP contribution in [0.25, 0.3) is 0 Å². The summed E-state index contributed by atoms with van der Waals surface area (Å²) in [6, 6.07) is 4.94. The average molecular weight is 295 g/mol. The van der Waals surface area contributed by atoms with Crippen LogP contribution in [-0.2, 0) is 6.54 Å². The van der Waals surface area contributed by atoms with E-state index in [4.69, 9.17) is 5.73 Å². The fourth-order valence-electron chi connectivity index (χ4n) is 3.47. The molecule has 2 nitrogen and oxygen atoms in total. The molecule has 2 rings (SSSR count). The van der Waals surface area contributed by atoms with E-state index < -0.39 is 0 Å². The molecule has 2 N–H and O–H groups in total. The minimum atomic E-state index is 0.202. The van der Waals surface area contributed by atoms with Crippen LogP contribution in [0.2, 0.25) is 0 Å². The number of hydrogen-bond acceptors (Lipinski definition) is 3. The first-order valence-electron chi connectivity index (χ1n) is 7.88. The summed E-state index contributed by atoms with van der Waals surface area (Å²) in [5, 5.41) is 2.17. The maximum Gasteiger partial charge on any atom is 0.0338 e. The zero-order valence-corrected chi connectivity index (χ0v) is 14.3. The molecule has 1 aromatic rings. The van der Waals surface area contributed by atoms with E-state index >= 15 is 0 Å². The normalized spacial score (nSPS) is 21.6. The second kappa shape index (κ2) is 6.17. The van der Waals surface area contributed by atoms with Crippen LogP contribution in [0.1, 0.15) is 58.3 Å². The topological polar surface area (TPSA) is 29.3 Å². The van der Waals surface area contributed by atoms with Gasteiger partial charge in [0.2, 0.25) is 0 Å². The number of thiophene rings is 1. The average Bonchev–Trinajstić information content (AvgIpc) is 2.90. The Hall–Kier alpha value is -0.380. The van der Waals surface area contributed by atoms with Gasteiger partial charge in [0.15, 0.2) is 0 Å². The summed E-state index contributed by atoms with van der Waals surface area (Å²) in [5.41, 5.74) is 6.95. The highest BCUT2D eigenvalue weighted by Gasteiger charge is 2.42. The van der Waals surface area contributed by atoms with Gasteiger partial charge in [0.1, 0.15) is 0 Å². The van der Waals surface area contributed by atoms with Crippen LogP contribution in [-0.4, -0.2) is 23.0 Å². The standard InChI is InChI=1S/C17H30N2S/c1-14(2)19(12-15-6-5-11-20-15)17(13-18)9-7-16(3,4)8-10-17/h5-6,11,14H,7-10,12-13,18H2,1-4H3. The van der Waals surface area contributed by atoms with Crippen LogP contribution >= 0.6 is 11.3 Å². The second-order valence-corrected chi connectivity index (χ2v) is 8.43. The van der Waals surface area contributed by atoms with Crippen molar-refractivity contribution in [2.24, 2.45) is 11.1 Å². The summed E-state index contributed by atoms with van der Waals surface area (Å²) in [7, 11) is 0. The molecule has 114 valence electrons. The monoisotopic (exact) mass is 294 g/mol. The molecule has 1 aliphatic carbocycles. The van der Waals surface area contributed by atoms with Crippen molar-refractivity contribution in [2.75, 3.05) is 6.54 Å². The van der Waals surface area contributed by atoms with Gasteiger partial charge in [0, 0.05) is 29.5 Å². The summed E-state index contributed by atoms with van der Waals surface area (Å²) in [4.78, 5) is 4.12. The van der Waals surface area contributed by atoms with Crippen molar-refractivity contribution < 1.29 is 0 Å². The molecule has 3 heteroatoms. The molecule has 0 saturated heterocycles. The van der Waals surface area contributed by atoms with Crippen LogP contribution in [0.3, 0.4) is 0 Å². The highest BCUT2D eigenvalue weighted by molar-refractivity contribution is 7.09. The van der Waals surface area contributed by atoms with E-state index in [9.17, 15) is 0 Å². The first kappa shape index (κ1) is 16.0. The number of rotatable bonds is 5. The van der Waals surface area contributed by atoms with Crippen molar-refractivity contribution in [3.63, 3.8) is 0 Å². The predicted octanol–water partition coefficient (Wildman–Crippen LogP) is 4.26. The fraction of sp³-hybridized carbons (Fsp3) is 0.765. The zero-order valence-electron chi connectivity index (χ0n) is 13.5. The summed E-state index contributed by atoms with van der Waals surface area (Å²) in [6.45, 7) is 11.2. The third-order valence-corrected chi connectivity index (χ3v) is 5.91. The van der Waals surface area contributed by atoms with Gasteiger partial charge in [-0.05, 0) is 56.4 Å². The third-order valence-electron chi connectivity index (χ3n) is 5.05. The Balaban J connectivity index is 2.17. The van der Waals surface area contributed by atoms with Crippen molar-refractivity contribution in [3.05, 3.63) is 22.4 Å². The molecule has 1 heterocycles. The van der Waals surface area contributed by atoms with Gasteiger partial charge in [0.05, 0.1) is 0 Å². The van der Waals surface area contributed by atoms with Gasteiger partial charge in [-0.1, -0.05) is 19.9 Å². The third kappa shape index (κ3) is 3.44. The maximum absolute atomic E-state index is 6.26. The Labute approximate surface area is 128 Å². The molecule has 20 heavy (non-hydrogen) atoms. The number of nitrogens with zero attached hydrogens (tertiary/aromatic N) is 1. The van der Waals surface area contributed by atoms with E-state index in [0.29, 0.717) is 11.5 Å². The summed E-state index contributed by atoms with van der Waals surface area (Å²) in [6.07, 6.45) is 5.05. The molecule has 0 amide bonds. The van der Waals surface area contributed by atoms with Crippen molar-refractivity contribution in [1.29, 1.82) is 0 Å². The molecule has 1 fully saturated rings. The largest absolute Gasteiger partial charge is 0.329 e. The molecule has 1 aliphatic rings. The second-order valence-electron chi connectivity index (χ2n) is 7.39. The van der Waals surface area contributed by atoms with Crippen molar-refractivity contribution >= 4 is 11.3 Å². The lowest BCUT2D eigenvalue weighted by atomic mass is 9.68. The molecule has 0 atom stereocenters. The predicted molar refractivity (Wildman–Crippen MR) is 89.0 cm³/mol. The van der Waals surface area contributed by atoms with Crippen molar-refractivity contribution in [2.45, 2.75) is 71.5 Å². The Bertz CT molecular complexity index is 399. The highest BCUT2D eigenvalue weighted by atomic mass is 32.1. The molecule has 0 unspecified atom stereocenters. The molecule has 0 aliphatic heterocycles. The maximum atomic E-state index is 6.26. The van der Waals surface area contributed by atoms with Crippen LogP contribution in [0.5, 0.6) is 0 Å². The highest BCUT2D eigenvalue weighted by Crippen LogP contribution is 2.43. The smallest absolute Gasteiger partial charge is 0.0338 e. The molecule has 0 radical (unpaired) electrons. The van der Waals surface area contributed by atoms with E-state index in [1.54, 1.807) is 0 Å². The number of nitrogens with two attached hydrogens (primary N) is 1. The first-order chi connectivity index (χ1) is 9.38. The van der Waals surface area contributed by atoms with Gasteiger partial charge in [-0.25, -0.2) is 0 Å². The Morgan fingerprint density at radius 1 is 1.25 bits per heavy atom. The van der Waals surface area contributed by atoms with Crippen LogP contribution in [0.4, 0.5) is 0 Å². The lowest BCUT2D eigenvalue weighted by Crippen LogP contribution is -2.58. The molecular formula is C17H30N2S. The first-order valence-corrected chi connectivity index (χ1v) is 8.76. The molecule has 0 spiro atoms. The Morgan fingerprint density at radius 2 is 1.90 bits per heavy atom. The fourth-order valence-corrected chi connectivity index (χ4v) is 4.17. The zero-order chi connectivity index (χ0) is 14.8. The molecule has 1 aromatic heterocycles. The van der Waals surface area contributed by atoms with Crippen molar-refractivity contribution in [1.82, 2.24) is 4.90 Å². The van der Waals surface area contributed by atoms with E-state index in [1.165, 1.54) is 30.6 Å². The Kier molecular flexibility index (Phi) is 4.93. The van der Waals surface area contributed by atoms with Crippen LogP contribution in [0, 0.1) is 5.41 Å². The van der Waals surface area contributed by atoms with Crippen LogP contribution in [0.15, 0.2) is 17.5 Å². The van der Waals surface area contributed by atoms with E-state index in [-0.39, 0.29) is 5.54 Å².